The monoisotopic (exact) mass is 1170 g/mol. The Balaban J connectivity index is 0.000000195. The fourth-order valence-corrected chi connectivity index (χ4v) is 9.52. The van der Waals surface area contributed by atoms with Gasteiger partial charge in [0.15, 0.2) is 0 Å². The zero-order valence-electron chi connectivity index (χ0n) is 96.8. The van der Waals surface area contributed by atoms with Gasteiger partial charge in [0.25, 0.3) is 0 Å². The lowest BCUT2D eigenvalue weighted by Gasteiger charge is -2.30. The molecule has 0 saturated carbocycles. The van der Waals surface area contributed by atoms with Gasteiger partial charge in [-0.05, 0) is 99.8 Å². The van der Waals surface area contributed by atoms with Crippen molar-refractivity contribution in [2.75, 3.05) is 0 Å². The van der Waals surface area contributed by atoms with E-state index in [1.54, 1.807) is 0 Å². The maximum atomic E-state index is 8.96. The molecule has 2 aliphatic rings. The number of aromatic nitrogens is 1. The molecule has 0 radical (unpaired) electrons. The maximum Gasteiger partial charge on any atom is 0.135 e. The quantitative estimate of drug-likeness (QED) is 0.160. The molecule has 12 aromatic carbocycles. The van der Waals surface area contributed by atoms with Gasteiger partial charge in [0.05, 0.1) is 85.0 Å². The van der Waals surface area contributed by atoms with E-state index in [0.717, 1.165) is 15.9 Å². The van der Waals surface area contributed by atoms with E-state index in [1.165, 1.54) is 6.92 Å². The van der Waals surface area contributed by atoms with E-state index in [1.807, 2.05) is 55.4 Å². The average Bonchev–Trinajstić information content (AvgIpc) is 1.47. The Bertz CT molecular complexity index is 6800. The van der Waals surface area contributed by atoms with Crippen LogP contribution in [0.5, 0.6) is 0 Å². The molecule has 0 unspecified atom stereocenters. The highest BCUT2D eigenvalue weighted by molar-refractivity contribution is 7.25. The van der Waals surface area contributed by atoms with E-state index in [0.29, 0.717) is 5.56 Å². The summed E-state index contributed by atoms with van der Waals surface area (Å²) in [4.78, 5) is 0. The second-order valence-electron chi connectivity index (χ2n) is 15.8. The van der Waals surface area contributed by atoms with Gasteiger partial charge in [-0.3, -0.25) is 0 Å². The normalized spacial score (nSPS) is 19.4. The highest BCUT2D eigenvalue weighted by Crippen LogP contribution is 2.62. The summed E-state index contributed by atoms with van der Waals surface area (Å²) in [7, 11) is 0. The van der Waals surface area contributed by atoms with Crippen molar-refractivity contribution in [3.05, 3.63) is 330 Å². The number of hydrogen-bond donors (Lipinski definition) is 0. The molecule has 0 N–H and O–H groups in total. The van der Waals surface area contributed by atoms with Gasteiger partial charge in [-0.1, -0.05) is 315 Å². The first-order valence-electron chi connectivity index (χ1n) is 51.2. The number of hydrogen-bond acceptors (Lipinski definition) is 2. The number of benzene rings is 12. The number of nitrogens with zero attached hydrogens (tertiary/aromatic N) is 1. The van der Waals surface area contributed by atoms with Crippen LogP contribution in [-0.2, 0) is 5.41 Å². The van der Waals surface area contributed by atoms with Gasteiger partial charge in [0, 0.05) is 47.4 Å². The molecule has 0 fully saturated rings. The van der Waals surface area contributed by atoms with Crippen molar-refractivity contribution < 1.29 is 73.0 Å². The summed E-state index contributed by atoms with van der Waals surface area (Å²) in [5.41, 5.74) is -6.34. The van der Waals surface area contributed by atoms with Crippen LogP contribution in [0.2, 0.25) is 0 Å². The molecule has 17 rings (SSSR count). The van der Waals surface area contributed by atoms with Crippen LogP contribution in [0.4, 0.5) is 0 Å². The van der Waals surface area contributed by atoms with Crippen LogP contribution in [0.15, 0.2) is 307 Å². The van der Waals surface area contributed by atoms with Crippen LogP contribution in [0, 0.1) is 6.92 Å². The predicted octanol–water partition coefficient (Wildman–Crippen LogP) is 24.6. The predicted molar refractivity (Wildman–Crippen MR) is 373 cm³/mol. The Labute approximate surface area is 578 Å². The molecule has 0 bridgehead atoms. The van der Waals surface area contributed by atoms with Gasteiger partial charge in [0.1, 0.15) is 11.2 Å². The summed E-state index contributed by atoms with van der Waals surface area (Å²) in [5, 5.41) is -0.193. The van der Waals surface area contributed by atoms with Gasteiger partial charge < -0.3 is 8.98 Å². The van der Waals surface area contributed by atoms with Crippen LogP contribution in [0.25, 0.3) is 91.9 Å². The van der Waals surface area contributed by atoms with Crippen molar-refractivity contribution in [1.29, 1.82) is 0 Å². The second-order valence-corrected chi connectivity index (χ2v) is 16.8. The summed E-state index contributed by atoms with van der Waals surface area (Å²) < 4.78 is 412. The molecular weight excluding hydrogens is 1050 g/mol. The Kier molecular flexibility index (Phi) is 8.05. The molecule has 2 nitrogen and oxygen atoms in total. The first-order valence-corrected chi connectivity index (χ1v) is 27.1. The molecule has 0 amide bonds. The lowest BCUT2D eigenvalue weighted by Crippen LogP contribution is -2.25. The lowest BCUT2D eigenvalue weighted by molar-refractivity contribution is 0.669. The lowest BCUT2D eigenvalue weighted by atomic mass is 9.70. The van der Waals surface area contributed by atoms with E-state index in [9.17, 15) is 0 Å². The number of furan rings is 1. The average molecular weight is 1170 g/mol. The number of fused-ring (bicyclic) bond motifs is 19. The largest absolute Gasteiger partial charge is 0.456 e. The number of thiophene rings is 1. The van der Waals surface area contributed by atoms with Crippen LogP contribution in [0.1, 0.15) is 152 Å². The molecule has 3 aromatic heterocycles. The highest BCUT2D eigenvalue weighted by atomic mass is 32.1. The molecular formula is C82H77NOS. The van der Waals surface area contributed by atoms with Crippen molar-refractivity contribution in [2.24, 2.45) is 0 Å². The van der Waals surface area contributed by atoms with Crippen LogP contribution in [-0.4, -0.2) is 4.57 Å². The summed E-state index contributed by atoms with van der Waals surface area (Å²) in [6, 6.07) is -26.9. The van der Waals surface area contributed by atoms with E-state index >= 15 is 0 Å². The molecule has 85 heavy (non-hydrogen) atoms. The van der Waals surface area contributed by atoms with E-state index in [4.69, 9.17) is 73.0 Å². The van der Waals surface area contributed by atoms with Gasteiger partial charge in [-0.25, -0.2) is 0 Å². The van der Waals surface area contributed by atoms with Crippen molar-refractivity contribution >= 4 is 75.3 Å². The van der Waals surface area contributed by atoms with Gasteiger partial charge >= 0.3 is 0 Å². The Morgan fingerprint density at radius 2 is 0.576 bits per heavy atom. The molecule has 1 spiro atoms. The molecule has 3 heterocycles. The smallest absolute Gasteiger partial charge is 0.135 e. The fraction of sp³-hybridized carbons (Fsp3) is 0.122. The topological polar surface area (TPSA) is 18.1 Å². The van der Waals surface area contributed by atoms with Gasteiger partial charge in [-0.15, -0.1) is 11.3 Å². The highest BCUT2D eigenvalue weighted by Gasteiger charge is 2.51. The molecule has 0 saturated heterocycles. The third-order valence-electron chi connectivity index (χ3n) is 11.6. The first-order chi connectivity index (χ1) is 62.9. The van der Waals surface area contributed by atoms with Gasteiger partial charge in [0.2, 0.25) is 0 Å². The van der Waals surface area contributed by atoms with E-state index in [2.05, 4.69) is 0 Å². The van der Waals surface area contributed by atoms with Crippen LogP contribution in [0.3, 0.4) is 0 Å². The standard InChI is InChI=1S/C25H16.C18H13N.C12H8O.C12H8S.C7H8.4C2H6/c1-5-13-21-17(9-1)18-10-2-6-14-22(18)25(21)23-15-7-3-11-19(23)20-12-4-8-16-24(20)25;1-2-8-14(9-3-1)19-17-12-6-4-10-15(17)16-11-5-7-13-18(16)19;2*1-3-7-11-9(5-1)10-6-2-4-8-12(10)13-11;1-7-5-3-2-4-6-7;4*1-2/h1-16H;1-13H;2*1-8H;2-6H,1H3;4*1-2H3/i1D,2D,3D,4D,5D,6D,7D,8D,9D,10D,11D,12D,13D,14D,15D,16D;1D,2D,3D,4D,5D,6D,7D,8D,9D,10D,11D,12D,13D;2*1D,2D,3D,4D,5D,6D,7D,8D;2D,3D,4D,5D,6D;;;;. The Hall–Kier alpha value is -9.54. The minimum atomic E-state index is -2.37. The fourth-order valence-electron chi connectivity index (χ4n) is 8.61. The van der Waals surface area contributed by atoms with E-state index in [-0.39, 0.29) is 187 Å². The first kappa shape index (κ1) is 23.5. The second kappa shape index (κ2) is 29.1. The zero-order chi connectivity index (χ0) is 103. The van der Waals surface area contributed by atoms with E-state index < -0.39 is 235 Å². The minimum Gasteiger partial charge on any atom is -0.456 e. The molecule has 15 aromatic rings. The maximum absolute atomic E-state index is 8.96. The Morgan fingerprint density at radius 1 is 0.294 bits per heavy atom. The number of rotatable bonds is 1. The van der Waals surface area contributed by atoms with Gasteiger partial charge in [-0.2, -0.15) is 0 Å². The Morgan fingerprint density at radius 3 is 0.965 bits per heavy atom. The summed E-state index contributed by atoms with van der Waals surface area (Å²) >= 11 is 0.967. The SMILES string of the molecule is CC.CC.CC.CC.[2H]c1c([2H])c([2H])c(-n2c3c([2H])c([2H])c([2H])c([2H])c3c3c([2H])c([2H])c([2H])c([2H])c32)c([2H])c1[2H].[2H]c1c([2H])c([2H])c(C)c([2H])c1[2H].[2H]c1c([2H])c([2H])c2c(c1[2H])-c1c([2H])c([2H])c([2H])c([2H])c1C21c2c([2H])c([2H])c([2H])c([2H])c2-c2c([2H])c([2H])c([2H])c([2H])c21.[2H]c1c([2H])c([2H])c2c(oc3c([2H])c([2H])c([2H])c([2H])c32)c1[2H].[2H]c1c([2H])c([2H])c2c(sc3c([2H])c([2H])c([2H])c([2H])c32)c1[2H]. The van der Waals surface area contributed by atoms with Crippen molar-refractivity contribution in [2.45, 2.75) is 67.7 Å². The summed E-state index contributed by atoms with van der Waals surface area (Å²) in [6.07, 6.45) is 0. The minimum absolute atomic E-state index is 0.0250. The number of para-hydroxylation sites is 5. The summed E-state index contributed by atoms with van der Waals surface area (Å²) in [6.45, 7) is 17.5. The molecule has 2 aliphatic carbocycles. The third kappa shape index (κ3) is 12.0. The molecule has 0 aliphatic heterocycles. The molecule has 3 heteroatoms. The van der Waals surface area contributed by atoms with Crippen molar-refractivity contribution in [3.63, 3.8) is 0 Å². The third-order valence-corrected chi connectivity index (χ3v) is 12.7. The van der Waals surface area contributed by atoms with Crippen LogP contribution < -0.4 is 0 Å². The summed E-state index contributed by atoms with van der Waals surface area (Å²) in [5.74, 6) is 0. The molecule has 0 atom stereocenters. The van der Waals surface area contributed by atoms with Crippen molar-refractivity contribution in [1.82, 2.24) is 4.57 Å². The van der Waals surface area contributed by atoms with Crippen molar-refractivity contribution in [3.8, 4) is 27.9 Å². The molecule has 422 valence electrons. The zero-order valence-corrected chi connectivity index (χ0v) is 47.6. The van der Waals surface area contributed by atoms with Crippen LogP contribution >= 0.6 is 11.3 Å².